The number of carbonyl (C=O) groups is 1. The quantitative estimate of drug-likeness (QED) is 0.0821. The van der Waals surface area contributed by atoms with Crippen molar-refractivity contribution in [2.75, 3.05) is 18.9 Å². The molecule has 0 bridgehead atoms. The lowest BCUT2D eigenvalue weighted by atomic mass is 9.97. The Hall–Kier alpha value is -4.17. The predicted octanol–water partition coefficient (Wildman–Crippen LogP) is 7.47. The highest BCUT2D eigenvalue weighted by atomic mass is 127. The molecule has 0 spiro atoms. The van der Waals surface area contributed by atoms with Crippen molar-refractivity contribution in [2.45, 2.75) is 29.9 Å². The van der Waals surface area contributed by atoms with Gasteiger partial charge < -0.3 is 14.4 Å². The van der Waals surface area contributed by atoms with E-state index in [1.54, 1.807) is 23.0 Å². The van der Waals surface area contributed by atoms with Gasteiger partial charge in [-0.1, -0.05) is 72.3 Å². The highest BCUT2D eigenvalue weighted by Gasteiger charge is 2.37. The summed E-state index contributed by atoms with van der Waals surface area (Å²) in [6.07, 6.45) is 2.65. The van der Waals surface area contributed by atoms with Gasteiger partial charge in [0.25, 0.3) is 0 Å². The van der Waals surface area contributed by atoms with Gasteiger partial charge in [0, 0.05) is 41.7 Å². The number of halogens is 2. The molecule has 0 aliphatic rings. The zero-order chi connectivity index (χ0) is 35.3. The highest BCUT2D eigenvalue weighted by molar-refractivity contribution is 14.1. The number of hydrogen-bond donors (Lipinski definition) is 2. The summed E-state index contributed by atoms with van der Waals surface area (Å²) in [4.78, 5) is 11.3. The van der Waals surface area contributed by atoms with Gasteiger partial charge in [0.2, 0.25) is 10.0 Å². The molecule has 0 radical (unpaired) electrons. The molecule has 0 saturated heterocycles. The maximum absolute atomic E-state index is 13.2. The van der Waals surface area contributed by atoms with Crippen molar-refractivity contribution in [3.05, 3.63) is 154 Å². The van der Waals surface area contributed by atoms with E-state index >= 15 is 0 Å². The van der Waals surface area contributed by atoms with Crippen molar-refractivity contribution in [1.82, 2.24) is 19.1 Å². The molecule has 0 aliphatic carbocycles. The van der Waals surface area contributed by atoms with E-state index in [2.05, 4.69) is 61.2 Å². The number of carboxylic acid groups (broad SMARTS) is 1. The topological polar surface area (TPSA) is 115 Å². The third-order valence-corrected chi connectivity index (χ3v) is 11.9. The normalized spacial score (nSPS) is 12.0. The van der Waals surface area contributed by atoms with Crippen LogP contribution < -0.4 is 9.46 Å². The van der Waals surface area contributed by atoms with Gasteiger partial charge in [0.1, 0.15) is 9.30 Å². The molecule has 0 unspecified atom stereocenters. The summed E-state index contributed by atoms with van der Waals surface area (Å²) < 4.78 is 38.5. The van der Waals surface area contributed by atoms with E-state index in [0.29, 0.717) is 30.2 Å². The predicted molar refractivity (Wildman–Crippen MR) is 205 cm³/mol. The first-order chi connectivity index (χ1) is 24.0. The number of alkyl halides is 1. The number of nitrogens with one attached hydrogen (secondary N) is 1. The van der Waals surface area contributed by atoms with Crippen LogP contribution in [0.5, 0.6) is 5.75 Å². The van der Waals surface area contributed by atoms with Crippen LogP contribution in [0.1, 0.15) is 38.4 Å². The molecule has 2 heterocycles. The lowest BCUT2D eigenvalue weighted by Gasteiger charge is -2.34. The van der Waals surface area contributed by atoms with Crippen LogP contribution in [0.3, 0.4) is 0 Å². The summed E-state index contributed by atoms with van der Waals surface area (Å²) in [6, 6.07) is 34.5. The minimum Gasteiger partial charge on any atom is -0.493 e. The standard InChI is InChI=1S/C38H36ClIN4O5S/c1-27-19-22-43(42-27)23-25-50(47,48)41-21-18-36-33(20-24-49-32-15-12-28(13-16-32)37(45)46)34-26-31(39)14-17-35(34)44(36)38(40,29-8-4-2-5-9-29)30-10-6-3-7-11-30/h2-17,19,22,26,41H,18,20-21,23-25H2,1H3,(H,45,46). The number of aromatic nitrogens is 3. The van der Waals surface area contributed by atoms with E-state index in [4.69, 9.17) is 16.3 Å². The number of benzene rings is 4. The van der Waals surface area contributed by atoms with Gasteiger partial charge in [-0.3, -0.25) is 4.68 Å². The molecule has 12 heteroatoms. The summed E-state index contributed by atoms with van der Waals surface area (Å²) in [5, 5.41) is 15.1. The second kappa shape index (κ2) is 15.4. The van der Waals surface area contributed by atoms with Crippen LogP contribution in [0.4, 0.5) is 0 Å². The first-order valence-corrected chi connectivity index (χ1v) is 19.2. The van der Waals surface area contributed by atoms with Crippen molar-refractivity contribution in [2.24, 2.45) is 0 Å². The Bertz CT molecular complexity index is 2170. The number of ether oxygens (including phenoxy) is 1. The number of carboxylic acids is 1. The van der Waals surface area contributed by atoms with Crippen molar-refractivity contribution in [3.63, 3.8) is 0 Å². The van der Waals surface area contributed by atoms with Crippen LogP contribution in [0, 0.1) is 6.92 Å². The molecule has 6 aromatic rings. The minimum absolute atomic E-state index is 0.0989. The molecule has 2 N–H and O–H groups in total. The highest BCUT2D eigenvalue weighted by Crippen LogP contribution is 2.46. The second-order valence-electron chi connectivity index (χ2n) is 11.9. The Labute approximate surface area is 310 Å². The number of sulfonamides is 1. The molecule has 0 fully saturated rings. The third-order valence-electron chi connectivity index (χ3n) is 8.53. The Morgan fingerprint density at radius 2 is 1.60 bits per heavy atom. The maximum Gasteiger partial charge on any atom is 0.335 e. The van der Waals surface area contributed by atoms with Gasteiger partial charge in [-0.05, 0) is 94.7 Å². The van der Waals surface area contributed by atoms with Crippen molar-refractivity contribution < 1.29 is 23.1 Å². The Balaban J connectivity index is 1.41. The summed E-state index contributed by atoms with van der Waals surface area (Å²) in [6.45, 7) is 2.58. The summed E-state index contributed by atoms with van der Waals surface area (Å²) in [7, 11) is -3.62. The molecule has 2 aromatic heterocycles. The van der Waals surface area contributed by atoms with Gasteiger partial charge >= 0.3 is 5.97 Å². The van der Waals surface area contributed by atoms with Crippen LogP contribution in [0.25, 0.3) is 10.9 Å². The summed E-state index contributed by atoms with van der Waals surface area (Å²) in [5.74, 6) is -0.550. The lowest BCUT2D eigenvalue weighted by molar-refractivity contribution is 0.0697. The molecular formula is C38H36ClIN4O5S. The number of fused-ring (bicyclic) bond motifs is 1. The molecule has 6 rings (SSSR count). The summed E-state index contributed by atoms with van der Waals surface area (Å²) >= 11 is 9.15. The third kappa shape index (κ3) is 7.91. The van der Waals surface area contributed by atoms with Gasteiger partial charge in [0.15, 0.2) is 0 Å². The molecule has 50 heavy (non-hydrogen) atoms. The zero-order valence-electron chi connectivity index (χ0n) is 27.3. The minimum atomic E-state index is -3.62. The summed E-state index contributed by atoms with van der Waals surface area (Å²) in [5.41, 5.74) is 6.00. The molecule has 0 saturated carbocycles. The number of aromatic carboxylic acids is 1. The van der Waals surface area contributed by atoms with E-state index in [-0.39, 0.29) is 24.4 Å². The van der Waals surface area contributed by atoms with E-state index < -0.39 is 19.5 Å². The Morgan fingerprint density at radius 3 is 2.20 bits per heavy atom. The second-order valence-corrected chi connectivity index (χ2v) is 15.8. The fourth-order valence-corrected chi connectivity index (χ4v) is 8.61. The average molecular weight is 823 g/mol. The maximum atomic E-state index is 13.2. The number of nitrogens with zero attached hydrogens (tertiary/aromatic N) is 3. The van der Waals surface area contributed by atoms with Gasteiger partial charge in [-0.25, -0.2) is 17.9 Å². The van der Waals surface area contributed by atoms with Crippen LogP contribution in [-0.2, 0) is 33.0 Å². The fraction of sp³-hybridized carbons (Fsp3) is 0.211. The Kier molecular flexibility index (Phi) is 11.0. The SMILES string of the molecule is Cc1ccn(CCS(=O)(=O)NCCc2c(CCOc3ccc(C(=O)O)cc3)c3cc(Cl)ccc3n2C(I)(c2ccccc2)c2ccccc2)n1. The van der Waals surface area contributed by atoms with Crippen molar-refractivity contribution >= 4 is 61.1 Å². The van der Waals surface area contributed by atoms with Gasteiger partial charge in [-0.15, -0.1) is 0 Å². The fourth-order valence-electron chi connectivity index (χ4n) is 6.18. The molecule has 0 aliphatic heterocycles. The van der Waals surface area contributed by atoms with Gasteiger partial charge in [0.05, 0.1) is 35.7 Å². The van der Waals surface area contributed by atoms with Crippen LogP contribution in [-0.4, -0.2) is 52.7 Å². The molecule has 258 valence electrons. The van der Waals surface area contributed by atoms with Crippen LogP contribution in [0.15, 0.2) is 115 Å². The van der Waals surface area contributed by atoms with E-state index in [9.17, 15) is 18.3 Å². The first kappa shape index (κ1) is 35.6. The average Bonchev–Trinajstić information content (AvgIpc) is 3.68. The van der Waals surface area contributed by atoms with Crippen molar-refractivity contribution in [1.29, 1.82) is 0 Å². The molecule has 0 amide bonds. The smallest absolute Gasteiger partial charge is 0.335 e. The largest absolute Gasteiger partial charge is 0.493 e. The zero-order valence-corrected chi connectivity index (χ0v) is 31.0. The monoisotopic (exact) mass is 822 g/mol. The van der Waals surface area contributed by atoms with Gasteiger partial charge in [-0.2, -0.15) is 5.10 Å². The molecule has 4 aromatic carbocycles. The number of aryl methyl sites for hydroxylation is 2. The number of rotatable bonds is 15. The van der Waals surface area contributed by atoms with Crippen LogP contribution >= 0.6 is 34.2 Å². The van der Waals surface area contributed by atoms with E-state index in [1.165, 1.54) is 12.1 Å². The molecule has 0 atom stereocenters. The molecule has 9 nitrogen and oxygen atoms in total. The first-order valence-electron chi connectivity index (χ1n) is 16.1. The lowest BCUT2D eigenvalue weighted by Crippen LogP contribution is -2.34. The van der Waals surface area contributed by atoms with Crippen LogP contribution in [0.2, 0.25) is 5.02 Å². The Morgan fingerprint density at radius 1 is 0.940 bits per heavy atom. The van der Waals surface area contributed by atoms with E-state index in [0.717, 1.165) is 39.0 Å². The van der Waals surface area contributed by atoms with Crippen molar-refractivity contribution in [3.8, 4) is 5.75 Å². The molecular weight excluding hydrogens is 787 g/mol. The van der Waals surface area contributed by atoms with E-state index in [1.807, 2.05) is 67.6 Å². The number of hydrogen-bond acceptors (Lipinski definition) is 5.